The SMILES string of the molecule is CC/C=C\C/C=C\C/C=C\C/C=C\C[C@@H](O)[C@H](O)CCCC(=O)O[C@H](COC(=O)CCCCCCCCCCCCCCCCCC)COP(=O)(O)O. The molecule has 0 spiro atoms. The van der Waals surface area contributed by atoms with Crippen LogP contribution in [0.4, 0.5) is 0 Å². The molecule has 0 aromatic carbocycles. The fourth-order valence-corrected chi connectivity index (χ4v) is 6.00. The summed E-state index contributed by atoms with van der Waals surface area (Å²) >= 11 is 0. The molecule has 0 saturated carbocycles. The quantitative estimate of drug-likeness (QED) is 0.0207. The lowest BCUT2D eigenvalue weighted by Crippen LogP contribution is -2.30. The van der Waals surface area contributed by atoms with Crippen LogP contribution in [-0.2, 0) is 28.2 Å². The van der Waals surface area contributed by atoms with E-state index in [-0.39, 0.29) is 38.7 Å². The Labute approximate surface area is 321 Å². The summed E-state index contributed by atoms with van der Waals surface area (Å²) in [6.07, 6.45) is 37.2. The van der Waals surface area contributed by atoms with E-state index in [0.29, 0.717) is 6.42 Å². The van der Waals surface area contributed by atoms with Crippen molar-refractivity contribution < 1.29 is 48.2 Å². The van der Waals surface area contributed by atoms with Crippen molar-refractivity contribution in [1.29, 1.82) is 0 Å². The number of carbonyl (C=O) groups excluding carboxylic acids is 2. The predicted molar refractivity (Wildman–Crippen MR) is 214 cm³/mol. The van der Waals surface area contributed by atoms with Gasteiger partial charge in [0.15, 0.2) is 6.10 Å². The Morgan fingerprint density at radius 2 is 1.02 bits per heavy atom. The van der Waals surface area contributed by atoms with Gasteiger partial charge in [-0.3, -0.25) is 14.1 Å². The molecule has 0 saturated heterocycles. The van der Waals surface area contributed by atoms with Gasteiger partial charge in [-0.1, -0.05) is 159 Å². The molecule has 53 heavy (non-hydrogen) atoms. The summed E-state index contributed by atoms with van der Waals surface area (Å²) in [4.78, 5) is 42.9. The summed E-state index contributed by atoms with van der Waals surface area (Å²) in [5.41, 5.74) is 0. The molecule has 0 unspecified atom stereocenters. The molecule has 0 fully saturated rings. The zero-order valence-electron chi connectivity index (χ0n) is 33.1. The Hall–Kier alpha value is -2.07. The second-order valence-electron chi connectivity index (χ2n) is 13.9. The van der Waals surface area contributed by atoms with Crippen LogP contribution < -0.4 is 0 Å². The Kier molecular flexibility index (Phi) is 35.4. The maximum absolute atomic E-state index is 12.4. The van der Waals surface area contributed by atoms with Crippen molar-refractivity contribution in [1.82, 2.24) is 0 Å². The average Bonchev–Trinajstić information content (AvgIpc) is 3.12. The van der Waals surface area contributed by atoms with Crippen molar-refractivity contribution >= 4 is 19.8 Å². The smallest absolute Gasteiger partial charge is 0.462 e. The van der Waals surface area contributed by atoms with Gasteiger partial charge in [0.25, 0.3) is 0 Å². The second-order valence-corrected chi connectivity index (χ2v) is 15.1. The number of allylic oxidation sites excluding steroid dienone is 7. The first-order chi connectivity index (χ1) is 25.6. The monoisotopic (exact) mass is 771 g/mol. The molecule has 0 amide bonds. The minimum absolute atomic E-state index is 0.104. The van der Waals surface area contributed by atoms with Gasteiger partial charge in [0, 0.05) is 12.8 Å². The fourth-order valence-electron chi connectivity index (χ4n) is 5.64. The zero-order valence-corrected chi connectivity index (χ0v) is 34.0. The third-order valence-electron chi connectivity index (χ3n) is 8.81. The van der Waals surface area contributed by atoms with E-state index < -0.39 is 44.7 Å². The first-order valence-corrected chi connectivity index (χ1v) is 22.1. The van der Waals surface area contributed by atoms with Crippen molar-refractivity contribution in [2.45, 2.75) is 193 Å². The highest BCUT2D eigenvalue weighted by Crippen LogP contribution is 2.36. The summed E-state index contributed by atoms with van der Waals surface area (Å²) in [7, 11) is -4.84. The number of rotatable bonds is 37. The number of hydrogen-bond donors (Lipinski definition) is 4. The standard InChI is InChI=1S/C42H75O10P/c1-3-5-7-9-11-13-15-17-18-19-20-22-24-26-28-30-34-41(45)50-36-38(37-51-53(47,48)49)52-42(46)35-31-33-40(44)39(43)32-29-27-25-23-21-16-14-12-10-8-6-4-2/h6,8,12,14,21,23,27,29,38-40,43-44H,3-5,7,9-11,13,15-20,22,24-26,28,30-37H2,1-2H3,(H2,47,48,49)/b8-6-,14-12-,23-21-,29-27-/t38-,39-,40-/m1/s1. The van der Waals surface area contributed by atoms with Gasteiger partial charge in [-0.15, -0.1) is 0 Å². The van der Waals surface area contributed by atoms with Crippen LogP contribution in [0.3, 0.4) is 0 Å². The normalized spacial score (nSPS) is 14.2. The van der Waals surface area contributed by atoms with Gasteiger partial charge < -0.3 is 29.5 Å². The summed E-state index contributed by atoms with van der Waals surface area (Å²) in [6.45, 7) is 3.33. The predicted octanol–water partition coefficient (Wildman–Crippen LogP) is 10.3. The molecule has 308 valence electrons. The van der Waals surface area contributed by atoms with Gasteiger partial charge in [-0.25, -0.2) is 4.57 Å². The van der Waals surface area contributed by atoms with E-state index >= 15 is 0 Å². The Morgan fingerprint density at radius 3 is 1.51 bits per heavy atom. The van der Waals surface area contributed by atoms with Crippen molar-refractivity contribution in [3.05, 3.63) is 48.6 Å². The minimum Gasteiger partial charge on any atom is -0.462 e. The van der Waals surface area contributed by atoms with Crippen LogP contribution in [0.1, 0.15) is 174 Å². The molecule has 0 aromatic rings. The maximum atomic E-state index is 12.4. The molecule has 0 heterocycles. The molecule has 0 aliphatic heterocycles. The molecule has 4 N–H and O–H groups in total. The van der Waals surface area contributed by atoms with Gasteiger partial charge in [-0.2, -0.15) is 0 Å². The van der Waals surface area contributed by atoms with Crippen molar-refractivity contribution in [2.24, 2.45) is 0 Å². The van der Waals surface area contributed by atoms with E-state index in [1.165, 1.54) is 77.0 Å². The van der Waals surface area contributed by atoms with E-state index in [2.05, 4.69) is 48.8 Å². The van der Waals surface area contributed by atoms with E-state index in [9.17, 15) is 24.4 Å². The number of phosphoric ester groups is 1. The lowest BCUT2D eigenvalue weighted by molar-refractivity contribution is -0.161. The molecule has 11 heteroatoms. The summed E-state index contributed by atoms with van der Waals surface area (Å²) in [6, 6.07) is 0. The molecular formula is C42H75O10P. The molecular weight excluding hydrogens is 695 g/mol. The number of unbranched alkanes of at least 4 members (excludes halogenated alkanes) is 15. The third kappa shape index (κ3) is 38.0. The van der Waals surface area contributed by atoms with Gasteiger partial charge in [0.05, 0.1) is 18.8 Å². The first-order valence-electron chi connectivity index (χ1n) is 20.6. The molecule has 0 aliphatic carbocycles. The molecule has 0 radical (unpaired) electrons. The van der Waals surface area contributed by atoms with Gasteiger partial charge >= 0.3 is 19.8 Å². The summed E-state index contributed by atoms with van der Waals surface area (Å²) < 4.78 is 26.2. The van der Waals surface area contributed by atoms with Crippen molar-refractivity contribution in [3.8, 4) is 0 Å². The largest absolute Gasteiger partial charge is 0.469 e. The molecule has 0 aliphatic rings. The molecule has 0 rings (SSSR count). The second kappa shape index (κ2) is 36.9. The number of phosphoric acid groups is 1. The van der Waals surface area contributed by atoms with Crippen LogP contribution in [0.5, 0.6) is 0 Å². The first kappa shape index (κ1) is 50.9. The Morgan fingerprint density at radius 1 is 0.566 bits per heavy atom. The van der Waals surface area contributed by atoms with E-state index in [4.69, 9.17) is 19.3 Å². The molecule has 3 atom stereocenters. The van der Waals surface area contributed by atoms with E-state index in [1.807, 2.05) is 18.2 Å². The highest BCUT2D eigenvalue weighted by atomic mass is 31.2. The van der Waals surface area contributed by atoms with Crippen LogP contribution in [0.25, 0.3) is 0 Å². The molecule has 0 aromatic heterocycles. The summed E-state index contributed by atoms with van der Waals surface area (Å²) in [5, 5.41) is 20.5. The Bertz CT molecular complexity index is 1030. The highest BCUT2D eigenvalue weighted by Gasteiger charge is 2.23. The van der Waals surface area contributed by atoms with Crippen molar-refractivity contribution in [2.75, 3.05) is 13.2 Å². The zero-order chi connectivity index (χ0) is 39.3. The van der Waals surface area contributed by atoms with E-state index in [1.54, 1.807) is 0 Å². The van der Waals surface area contributed by atoms with Crippen LogP contribution in [0, 0.1) is 0 Å². The Balaban J connectivity index is 4.17. The van der Waals surface area contributed by atoms with Gasteiger partial charge in [0.2, 0.25) is 0 Å². The number of aliphatic hydroxyl groups is 2. The molecule has 10 nitrogen and oxygen atoms in total. The minimum atomic E-state index is -4.84. The number of carbonyl (C=O) groups is 2. The fraction of sp³-hybridized carbons (Fsp3) is 0.762. The number of esters is 2. The number of aliphatic hydroxyl groups excluding tert-OH is 2. The maximum Gasteiger partial charge on any atom is 0.469 e. The van der Waals surface area contributed by atoms with Gasteiger partial charge in [-0.05, 0) is 51.4 Å². The third-order valence-corrected chi connectivity index (χ3v) is 9.30. The number of hydrogen-bond acceptors (Lipinski definition) is 8. The van der Waals surface area contributed by atoms with Crippen LogP contribution in [-0.4, -0.2) is 63.5 Å². The average molecular weight is 771 g/mol. The van der Waals surface area contributed by atoms with Crippen LogP contribution in [0.15, 0.2) is 48.6 Å². The van der Waals surface area contributed by atoms with E-state index in [0.717, 1.165) is 44.9 Å². The topological polar surface area (TPSA) is 160 Å². The summed E-state index contributed by atoms with van der Waals surface area (Å²) in [5.74, 6) is -1.17. The lowest BCUT2D eigenvalue weighted by atomic mass is 10.0. The molecule has 0 bridgehead atoms. The lowest BCUT2D eigenvalue weighted by Gasteiger charge is -2.19. The van der Waals surface area contributed by atoms with Crippen molar-refractivity contribution in [3.63, 3.8) is 0 Å². The van der Waals surface area contributed by atoms with Gasteiger partial charge in [0.1, 0.15) is 6.61 Å². The number of ether oxygens (including phenoxy) is 2. The van der Waals surface area contributed by atoms with Crippen LogP contribution >= 0.6 is 7.82 Å². The highest BCUT2D eigenvalue weighted by molar-refractivity contribution is 7.46. The van der Waals surface area contributed by atoms with Crippen LogP contribution in [0.2, 0.25) is 0 Å².